The van der Waals surface area contributed by atoms with Gasteiger partial charge in [-0.15, -0.1) is 0 Å². The van der Waals surface area contributed by atoms with Gasteiger partial charge in [-0.05, 0) is 12.1 Å². The average molecular weight is 350 g/mol. The number of para-hydroxylation sites is 2. The van der Waals surface area contributed by atoms with Crippen LogP contribution in [0.3, 0.4) is 0 Å². The minimum atomic E-state index is -1.26. The van der Waals surface area contributed by atoms with Gasteiger partial charge < -0.3 is 25.4 Å². The number of aliphatic carboxylic acids is 4. The standard InChI is InChI=1S/C7H6N2.2C4H4O4/c1-2-4-7-6(3-1)8-5-9-7;2*5-3(6)1-2-4(7)8/h1-5H,(H,8,9);2*1-2H,(H,5,6)(H,7,8)/b;2*2-1-. The molecule has 0 atom stereocenters. The molecule has 0 radical (unpaired) electrons. The molecular formula is C15H14N2O8. The van der Waals surface area contributed by atoms with Crippen molar-refractivity contribution in [2.45, 2.75) is 0 Å². The Morgan fingerprint density at radius 3 is 1.52 bits per heavy atom. The number of benzene rings is 1. The molecule has 1 aromatic heterocycles. The molecule has 1 heterocycles. The number of carboxylic acid groups (broad SMARTS) is 4. The molecule has 0 saturated carbocycles. The van der Waals surface area contributed by atoms with E-state index in [1.807, 2.05) is 24.3 Å². The molecule has 25 heavy (non-hydrogen) atoms. The smallest absolute Gasteiger partial charge is 0.328 e. The fraction of sp³-hybridized carbons (Fsp3) is 0. The van der Waals surface area contributed by atoms with E-state index in [2.05, 4.69) is 9.97 Å². The first-order chi connectivity index (χ1) is 11.7. The number of H-pyrrole nitrogens is 1. The summed E-state index contributed by atoms with van der Waals surface area (Å²) in [6.07, 6.45) is 3.93. The summed E-state index contributed by atoms with van der Waals surface area (Å²) in [5.41, 5.74) is 2.12. The third-order valence-electron chi connectivity index (χ3n) is 2.06. The number of aromatic nitrogens is 2. The lowest BCUT2D eigenvalue weighted by molar-refractivity contribution is -0.134. The topological polar surface area (TPSA) is 178 Å². The molecule has 5 N–H and O–H groups in total. The Hall–Kier alpha value is -3.95. The molecular weight excluding hydrogens is 336 g/mol. The van der Waals surface area contributed by atoms with Crippen molar-refractivity contribution in [3.8, 4) is 0 Å². The Morgan fingerprint density at radius 1 is 0.760 bits per heavy atom. The van der Waals surface area contributed by atoms with Crippen LogP contribution in [-0.4, -0.2) is 54.3 Å². The van der Waals surface area contributed by atoms with Crippen molar-refractivity contribution < 1.29 is 39.6 Å². The second-order valence-corrected chi connectivity index (χ2v) is 3.94. The second kappa shape index (κ2) is 11.6. The molecule has 0 saturated heterocycles. The molecule has 10 heteroatoms. The number of carbonyl (C=O) groups is 4. The van der Waals surface area contributed by atoms with Gasteiger partial charge in [0, 0.05) is 24.3 Å². The summed E-state index contributed by atoms with van der Waals surface area (Å²) >= 11 is 0. The van der Waals surface area contributed by atoms with Crippen molar-refractivity contribution in [2.24, 2.45) is 0 Å². The first-order valence-corrected chi connectivity index (χ1v) is 6.38. The second-order valence-electron chi connectivity index (χ2n) is 3.94. The molecule has 0 spiro atoms. The summed E-state index contributed by atoms with van der Waals surface area (Å²) in [5.74, 6) is -5.03. The van der Waals surface area contributed by atoms with Gasteiger partial charge >= 0.3 is 23.9 Å². The number of hydrogen-bond donors (Lipinski definition) is 5. The van der Waals surface area contributed by atoms with Crippen LogP contribution >= 0.6 is 0 Å². The predicted molar refractivity (Wildman–Crippen MR) is 84.9 cm³/mol. The molecule has 132 valence electrons. The van der Waals surface area contributed by atoms with E-state index < -0.39 is 23.9 Å². The normalized spacial score (nSPS) is 9.76. The summed E-state index contributed by atoms with van der Waals surface area (Å²) in [6, 6.07) is 7.94. The number of hydrogen-bond acceptors (Lipinski definition) is 5. The minimum absolute atomic E-state index is 0.558. The molecule has 0 bridgehead atoms. The molecule has 0 fully saturated rings. The monoisotopic (exact) mass is 350 g/mol. The Kier molecular flexibility index (Phi) is 9.76. The molecule has 0 amide bonds. The van der Waals surface area contributed by atoms with Gasteiger partial charge in [0.1, 0.15) is 0 Å². The number of rotatable bonds is 4. The van der Waals surface area contributed by atoms with E-state index in [0.29, 0.717) is 24.3 Å². The third-order valence-corrected chi connectivity index (χ3v) is 2.06. The van der Waals surface area contributed by atoms with Crippen LogP contribution in [-0.2, 0) is 19.2 Å². The van der Waals surface area contributed by atoms with Crippen molar-refractivity contribution in [1.29, 1.82) is 0 Å². The SMILES string of the molecule is O=C(O)/C=C\C(=O)O.O=C(O)/C=C\C(=O)O.c1ccc2[nH]cnc2c1. The summed E-state index contributed by atoms with van der Waals surface area (Å²) in [7, 11) is 0. The average Bonchev–Trinajstić information content (AvgIpc) is 3.01. The predicted octanol–water partition coefficient (Wildman–Crippen LogP) is 0.986. The van der Waals surface area contributed by atoms with E-state index in [4.69, 9.17) is 20.4 Å². The zero-order valence-corrected chi connectivity index (χ0v) is 12.6. The Labute approximate surface area is 140 Å². The van der Waals surface area contributed by atoms with Crippen LogP contribution in [0.5, 0.6) is 0 Å². The molecule has 2 aromatic rings. The van der Waals surface area contributed by atoms with Gasteiger partial charge in [0.2, 0.25) is 0 Å². The van der Waals surface area contributed by atoms with E-state index >= 15 is 0 Å². The van der Waals surface area contributed by atoms with Gasteiger partial charge in [-0.1, -0.05) is 12.1 Å². The highest BCUT2D eigenvalue weighted by Crippen LogP contribution is 2.05. The summed E-state index contributed by atoms with van der Waals surface area (Å²) in [4.78, 5) is 45.3. The van der Waals surface area contributed by atoms with E-state index in [1.165, 1.54) is 0 Å². The Bertz CT molecular complexity index is 695. The van der Waals surface area contributed by atoms with E-state index in [0.717, 1.165) is 11.0 Å². The lowest BCUT2D eigenvalue weighted by Crippen LogP contribution is -1.91. The highest BCUT2D eigenvalue weighted by Gasteiger charge is 1.89. The lowest BCUT2D eigenvalue weighted by atomic mass is 10.3. The number of aromatic amines is 1. The van der Waals surface area contributed by atoms with E-state index in [-0.39, 0.29) is 0 Å². The molecule has 0 unspecified atom stereocenters. The molecule has 0 aliphatic carbocycles. The van der Waals surface area contributed by atoms with Crippen molar-refractivity contribution in [2.75, 3.05) is 0 Å². The molecule has 1 aromatic carbocycles. The van der Waals surface area contributed by atoms with Crippen LogP contribution < -0.4 is 0 Å². The lowest BCUT2D eigenvalue weighted by Gasteiger charge is -1.81. The van der Waals surface area contributed by atoms with Crippen LogP contribution in [0.1, 0.15) is 0 Å². The first kappa shape index (κ1) is 21.0. The van der Waals surface area contributed by atoms with Crippen LogP contribution in [0, 0.1) is 0 Å². The minimum Gasteiger partial charge on any atom is -0.478 e. The van der Waals surface area contributed by atoms with E-state index in [1.54, 1.807) is 6.33 Å². The first-order valence-electron chi connectivity index (χ1n) is 6.38. The fourth-order valence-corrected chi connectivity index (χ4v) is 1.16. The summed E-state index contributed by atoms with van der Waals surface area (Å²) < 4.78 is 0. The number of fused-ring (bicyclic) bond motifs is 1. The fourth-order valence-electron chi connectivity index (χ4n) is 1.16. The van der Waals surface area contributed by atoms with Crippen LogP contribution in [0.25, 0.3) is 11.0 Å². The number of nitrogens with one attached hydrogen (secondary N) is 1. The Balaban J connectivity index is 0.000000348. The van der Waals surface area contributed by atoms with Crippen molar-refractivity contribution >= 4 is 34.9 Å². The highest BCUT2D eigenvalue weighted by atomic mass is 16.4. The van der Waals surface area contributed by atoms with Gasteiger partial charge in [-0.25, -0.2) is 24.2 Å². The Morgan fingerprint density at radius 2 is 1.16 bits per heavy atom. The highest BCUT2D eigenvalue weighted by molar-refractivity contribution is 5.90. The molecule has 10 nitrogen and oxygen atoms in total. The van der Waals surface area contributed by atoms with Crippen molar-refractivity contribution in [3.63, 3.8) is 0 Å². The molecule has 0 aliphatic rings. The zero-order chi connectivity index (χ0) is 19.2. The number of imidazole rings is 1. The summed E-state index contributed by atoms with van der Waals surface area (Å²) in [6.45, 7) is 0. The maximum Gasteiger partial charge on any atom is 0.328 e. The van der Waals surface area contributed by atoms with Gasteiger partial charge in [0.25, 0.3) is 0 Å². The van der Waals surface area contributed by atoms with Crippen LogP contribution in [0.4, 0.5) is 0 Å². The van der Waals surface area contributed by atoms with Gasteiger partial charge in [0.15, 0.2) is 0 Å². The largest absolute Gasteiger partial charge is 0.478 e. The van der Waals surface area contributed by atoms with Gasteiger partial charge in [-0.3, -0.25) is 0 Å². The van der Waals surface area contributed by atoms with Crippen LogP contribution in [0.15, 0.2) is 54.9 Å². The maximum atomic E-state index is 9.55. The van der Waals surface area contributed by atoms with Crippen LogP contribution in [0.2, 0.25) is 0 Å². The van der Waals surface area contributed by atoms with Crippen molar-refractivity contribution in [1.82, 2.24) is 9.97 Å². The quantitative estimate of drug-likeness (QED) is 0.503. The molecule has 2 rings (SSSR count). The van der Waals surface area contributed by atoms with Gasteiger partial charge in [-0.2, -0.15) is 0 Å². The maximum absolute atomic E-state index is 9.55. The van der Waals surface area contributed by atoms with E-state index in [9.17, 15) is 19.2 Å². The summed E-state index contributed by atoms with van der Waals surface area (Å²) in [5, 5.41) is 31.2. The third kappa shape index (κ3) is 12.3. The molecule has 0 aliphatic heterocycles. The zero-order valence-electron chi connectivity index (χ0n) is 12.6. The number of carboxylic acids is 4. The van der Waals surface area contributed by atoms with Gasteiger partial charge in [0.05, 0.1) is 17.4 Å². The van der Waals surface area contributed by atoms with Crippen molar-refractivity contribution in [3.05, 3.63) is 54.9 Å². The number of nitrogens with zero attached hydrogens (tertiary/aromatic N) is 1.